The minimum absolute atomic E-state index is 0.0899. The minimum Gasteiger partial charge on any atom is -0.368 e. The highest BCUT2D eigenvalue weighted by atomic mass is 19.4. The van der Waals surface area contributed by atoms with Crippen molar-refractivity contribution in [1.82, 2.24) is 4.90 Å². The predicted molar refractivity (Wildman–Crippen MR) is 113 cm³/mol. The van der Waals surface area contributed by atoms with Crippen molar-refractivity contribution in [1.29, 1.82) is 5.26 Å². The summed E-state index contributed by atoms with van der Waals surface area (Å²) in [7, 11) is 0. The van der Waals surface area contributed by atoms with E-state index in [0.717, 1.165) is 23.3 Å². The van der Waals surface area contributed by atoms with Crippen molar-refractivity contribution < 1.29 is 22.8 Å². The average Bonchev–Trinajstić information content (AvgIpc) is 2.74. The number of alkyl halides is 3. The quantitative estimate of drug-likeness (QED) is 0.756. The molecule has 10 heteroatoms. The molecule has 0 aromatic heterocycles. The Hall–Kier alpha value is -3.74. The first kappa shape index (κ1) is 22.9. The minimum atomic E-state index is -4.73. The van der Waals surface area contributed by atoms with Crippen LogP contribution >= 0.6 is 0 Å². The van der Waals surface area contributed by atoms with E-state index in [9.17, 15) is 22.8 Å². The first-order valence-electron chi connectivity index (χ1n) is 9.81. The van der Waals surface area contributed by atoms with E-state index in [1.54, 1.807) is 0 Å². The zero-order chi connectivity index (χ0) is 23.6. The van der Waals surface area contributed by atoms with Gasteiger partial charge in [0, 0.05) is 24.5 Å². The maximum absolute atomic E-state index is 13.4. The zero-order valence-electron chi connectivity index (χ0n) is 17.5. The van der Waals surface area contributed by atoms with E-state index in [-0.39, 0.29) is 25.3 Å². The van der Waals surface area contributed by atoms with E-state index in [4.69, 9.17) is 11.0 Å². The van der Waals surface area contributed by atoms with E-state index in [0.29, 0.717) is 5.69 Å². The van der Waals surface area contributed by atoms with Gasteiger partial charge in [0.2, 0.25) is 5.91 Å². The van der Waals surface area contributed by atoms with Gasteiger partial charge >= 0.3 is 12.2 Å². The van der Waals surface area contributed by atoms with Crippen LogP contribution in [-0.2, 0) is 11.0 Å². The van der Waals surface area contributed by atoms with E-state index in [2.05, 4.69) is 5.32 Å². The van der Waals surface area contributed by atoms with Gasteiger partial charge in [-0.05, 0) is 49.2 Å². The van der Waals surface area contributed by atoms with Crippen molar-refractivity contribution in [3.63, 3.8) is 0 Å². The molecule has 1 saturated heterocycles. The van der Waals surface area contributed by atoms with Crippen LogP contribution in [0.2, 0.25) is 0 Å². The maximum atomic E-state index is 13.4. The first-order valence-corrected chi connectivity index (χ1v) is 9.81. The summed E-state index contributed by atoms with van der Waals surface area (Å²) in [4.78, 5) is 27.7. The summed E-state index contributed by atoms with van der Waals surface area (Å²) in [5, 5.41) is 11.8. The number of aryl methyl sites for hydroxylation is 2. The smallest absolute Gasteiger partial charge is 0.368 e. The number of hydrogen-bond acceptors (Lipinski definition) is 4. The largest absolute Gasteiger partial charge is 0.417 e. The van der Waals surface area contributed by atoms with Crippen LogP contribution in [0, 0.1) is 25.2 Å². The summed E-state index contributed by atoms with van der Waals surface area (Å²) in [6, 6.07) is 8.93. The summed E-state index contributed by atoms with van der Waals surface area (Å²) < 4.78 is 40.1. The number of benzene rings is 2. The van der Waals surface area contributed by atoms with Crippen molar-refractivity contribution >= 4 is 23.3 Å². The molecule has 3 N–H and O–H groups in total. The standard InChI is InChI=1S/C22H22F3N5O2/c1-13-3-4-14(2)18(9-13)28-21(32)29-7-8-30(19(12-29)20(27)31)16-6-5-15(11-26)17(10-16)22(23,24)25/h3-6,9-10,19H,7-8,12H2,1-2H3,(H2,27,31)(H,28,32). The van der Waals surface area contributed by atoms with Gasteiger partial charge < -0.3 is 20.9 Å². The van der Waals surface area contributed by atoms with Gasteiger partial charge in [-0.2, -0.15) is 18.4 Å². The third kappa shape index (κ3) is 4.77. The van der Waals surface area contributed by atoms with E-state index in [1.807, 2.05) is 32.0 Å². The molecule has 1 unspecified atom stereocenters. The Balaban J connectivity index is 1.83. The third-order valence-corrected chi connectivity index (χ3v) is 5.39. The fraction of sp³-hybridized carbons (Fsp3) is 0.318. The van der Waals surface area contributed by atoms with Crippen LogP contribution in [0.4, 0.5) is 29.3 Å². The molecular formula is C22H22F3N5O2. The van der Waals surface area contributed by atoms with E-state index >= 15 is 0 Å². The molecule has 168 valence electrons. The number of nitrogens with two attached hydrogens (primary N) is 1. The third-order valence-electron chi connectivity index (χ3n) is 5.39. The lowest BCUT2D eigenvalue weighted by Gasteiger charge is -2.41. The second-order valence-corrected chi connectivity index (χ2v) is 7.65. The number of amides is 3. The van der Waals surface area contributed by atoms with Crippen molar-refractivity contribution in [2.45, 2.75) is 26.1 Å². The van der Waals surface area contributed by atoms with Gasteiger partial charge in [0.15, 0.2) is 0 Å². The molecule has 1 aliphatic heterocycles. The molecular weight excluding hydrogens is 423 g/mol. The highest BCUT2D eigenvalue weighted by molar-refractivity contribution is 5.92. The van der Waals surface area contributed by atoms with Crippen LogP contribution in [-0.4, -0.2) is 42.5 Å². The first-order chi connectivity index (χ1) is 15.0. The normalized spacial score (nSPS) is 16.4. The number of nitrogens with zero attached hydrogens (tertiary/aromatic N) is 3. The number of piperazine rings is 1. The number of rotatable bonds is 3. The number of halogens is 3. The Morgan fingerprint density at radius 1 is 1.16 bits per heavy atom. The highest BCUT2D eigenvalue weighted by Gasteiger charge is 2.37. The average molecular weight is 445 g/mol. The van der Waals surface area contributed by atoms with Gasteiger partial charge in [-0.25, -0.2) is 4.79 Å². The molecule has 0 aliphatic carbocycles. The Morgan fingerprint density at radius 3 is 2.50 bits per heavy atom. The molecule has 2 aromatic rings. The van der Waals surface area contributed by atoms with Crippen LogP contribution in [0.1, 0.15) is 22.3 Å². The molecule has 3 rings (SSSR count). The lowest BCUT2D eigenvalue weighted by molar-refractivity contribution is -0.137. The molecule has 0 bridgehead atoms. The van der Waals surface area contributed by atoms with Gasteiger partial charge in [-0.3, -0.25) is 4.79 Å². The fourth-order valence-corrected chi connectivity index (χ4v) is 3.63. The summed E-state index contributed by atoms with van der Waals surface area (Å²) in [6.45, 7) is 3.92. The Morgan fingerprint density at radius 2 is 1.88 bits per heavy atom. The second kappa shape index (κ2) is 8.78. The maximum Gasteiger partial charge on any atom is 0.417 e. The van der Waals surface area contributed by atoms with Crippen LogP contribution in [0.25, 0.3) is 0 Å². The molecule has 1 fully saturated rings. The molecule has 2 aromatic carbocycles. The van der Waals surface area contributed by atoms with Gasteiger partial charge in [0.05, 0.1) is 23.7 Å². The van der Waals surface area contributed by atoms with Crippen molar-refractivity contribution in [3.8, 4) is 6.07 Å². The number of nitriles is 1. The Labute approximate surface area is 183 Å². The monoisotopic (exact) mass is 445 g/mol. The number of hydrogen-bond donors (Lipinski definition) is 2. The van der Waals surface area contributed by atoms with Gasteiger partial charge in [-0.15, -0.1) is 0 Å². The molecule has 1 atom stereocenters. The molecule has 0 spiro atoms. The van der Waals surface area contributed by atoms with E-state index < -0.39 is 35.3 Å². The van der Waals surface area contributed by atoms with Gasteiger partial charge in [0.25, 0.3) is 0 Å². The Bertz CT molecular complexity index is 1090. The number of carbonyl (C=O) groups excluding carboxylic acids is 2. The molecule has 0 radical (unpaired) electrons. The number of urea groups is 1. The molecule has 1 heterocycles. The van der Waals surface area contributed by atoms with Crippen LogP contribution in [0.15, 0.2) is 36.4 Å². The number of nitrogens with one attached hydrogen (secondary N) is 1. The second-order valence-electron chi connectivity index (χ2n) is 7.65. The summed E-state index contributed by atoms with van der Waals surface area (Å²) in [5.74, 6) is -0.771. The topological polar surface area (TPSA) is 102 Å². The SMILES string of the molecule is Cc1ccc(C)c(NC(=O)N2CCN(c3ccc(C#N)c(C(F)(F)F)c3)C(C(N)=O)C2)c1. The summed E-state index contributed by atoms with van der Waals surface area (Å²) in [5.41, 5.74) is 6.49. The fourth-order valence-electron chi connectivity index (χ4n) is 3.63. The van der Waals surface area contributed by atoms with Crippen LogP contribution in [0.3, 0.4) is 0 Å². The number of anilines is 2. The van der Waals surface area contributed by atoms with Gasteiger partial charge in [-0.1, -0.05) is 12.1 Å². The molecule has 7 nitrogen and oxygen atoms in total. The zero-order valence-corrected chi connectivity index (χ0v) is 17.5. The number of carbonyl (C=O) groups is 2. The van der Waals surface area contributed by atoms with Crippen molar-refractivity contribution in [2.24, 2.45) is 5.73 Å². The Kier molecular flexibility index (Phi) is 6.30. The lowest BCUT2D eigenvalue weighted by atomic mass is 10.0. The van der Waals surface area contributed by atoms with E-state index in [1.165, 1.54) is 21.9 Å². The lowest BCUT2D eigenvalue weighted by Crippen LogP contribution is -2.60. The molecule has 1 aliphatic rings. The van der Waals surface area contributed by atoms with Crippen LogP contribution in [0.5, 0.6) is 0 Å². The van der Waals surface area contributed by atoms with Crippen LogP contribution < -0.4 is 16.0 Å². The van der Waals surface area contributed by atoms with Gasteiger partial charge in [0.1, 0.15) is 6.04 Å². The van der Waals surface area contributed by atoms with Crippen molar-refractivity contribution in [3.05, 3.63) is 58.7 Å². The molecule has 32 heavy (non-hydrogen) atoms. The summed E-state index contributed by atoms with van der Waals surface area (Å²) >= 11 is 0. The molecule has 0 saturated carbocycles. The van der Waals surface area contributed by atoms with Crippen molar-refractivity contribution in [2.75, 3.05) is 29.9 Å². The predicted octanol–water partition coefficient (Wildman–Crippen LogP) is 3.40. The summed E-state index contributed by atoms with van der Waals surface area (Å²) in [6.07, 6.45) is -4.73. The highest BCUT2D eigenvalue weighted by Crippen LogP contribution is 2.35. The number of primary amides is 1. The molecule has 3 amide bonds.